The van der Waals surface area contributed by atoms with Crippen molar-refractivity contribution >= 4 is 17.3 Å². The third kappa shape index (κ3) is 1.79. The van der Waals surface area contributed by atoms with Crippen LogP contribution in [0.1, 0.15) is 19.3 Å². The Morgan fingerprint density at radius 3 is 2.45 bits per heavy atom. The van der Waals surface area contributed by atoms with Gasteiger partial charge in [0.05, 0.1) is 0 Å². The van der Waals surface area contributed by atoms with Crippen LogP contribution in [0.3, 0.4) is 0 Å². The fraction of sp³-hybridized carbons (Fsp3) is 0.833. The molecule has 1 aliphatic rings. The van der Waals surface area contributed by atoms with E-state index in [2.05, 4.69) is 12.2 Å². The van der Waals surface area contributed by atoms with E-state index >= 15 is 0 Å². The molecule has 0 radical (unpaired) electrons. The van der Waals surface area contributed by atoms with E-state index in [0.717, 1.165) is 12.8 Å². The second-order valence-electron chi connectivity index (χ2n) is 2.72. The van der Waals surface area contributed by atoms with Gasteiger partial charge in [0.15, 0.2) is 5.11 Å². The lowest BCUT2D eigenvalue weighted by molar-refractivity contribution is -0.253. The summed E-state index contributed by atoms with van der Waals surface area (Å²) in [4.78, 5) is 1.24. The Morgan fingerprint density at radius 2 is 2.09 bits per heavy atom. The molecule has 0 saturated carbocycles. The lowest BCUT2D eigenvalue weighted by Crippen LogP contribution is -2.56. The zero-order valence-corrected chi connectivity index (χ0v) is 6.97. The van der Waals surface area contributed by atoms with E-state index < -0.39 is 5.91 Å². The number of thiocarbonyl (C=S) groups is 1. The number of nitrogens with zero attached hydrogens (tertiary/aromatic N) is 1. The van der Waals surface area contributed by atoms with Crippen molar-refractivity contribution in [3.8, 4) is 0 Å². The number of nitrogens with two attached hydrogens (primary N) is 1. The molecule has 4 N–H and O–H groups in total. The van der Waals surface area contributed by atoms with E-state index in [1.807, 2.05) is 0 Å². The van der Waals surface area contributed by atoms with Gasteiger partial charge in [-0.2, -0.15) is 0 Å². The highest BCUT2D eigenvalue weighted by Crippen LogP contribution is 2.22. The van der Waals surface area contributed by atoms with Crippen LogP contribution in [-0.2, 0) is 0 Å². The fourth-order valence-corrected chi connectivity index (χ4v) is 1.47. The van der Waals surface area contributed by atoms with Crippen LogP contribution < -0.4 is 5.73 Å². The quantitative estimate of drug-likeness (QED) is 0.338. The molecule has 1 fully saturated rings. The van der Waals surface area contributed by atoms with E-state index in [1.54, 1.807) is 0 Å². The first-order valence-electron chi connectivity index (χ1n) is 3.56. The molecular weight excluding hydrogens is 164 g/mol. The van der Waals surface area contributed by atoms with Crippen molar-refractivity contribution in [1.82, 2.24) is 4.90 Å². The molecule has 1 heterocycles. The predicted octanol–water partition coefficient (Wildman–Crippen LogP) is -0.646. The molecule has 0 atom stereocenters. The lowest BCUT2D eigenvalue weighted by atomic mass is 10.1. The van der Waals surface area contributed by atoms with Crippen LogP contribution in [-0.4, -0.2) is 32.7 Å². The molecule has 64 valence electrons. The Labute approximate surface area is 70.6 Å². The van der Waals surface area contributed by atoms with Crippen LogP contribution in [0.5, 0.6) is 0 Å². The Kier molecular flexibility index (Phi) is 2.31. The Hall–Kier alpha value is -0.390. The molecule has 0 unspecified atom stereocenters. The molecule has 1 rings (SSSR count). The molecule has 0 aliphatic carbocycles. The van der Waals surface area contributed by atoms with Crippen molar-refractivity contribution in [3.63, 3.8) is 0 Å². The van der Waals surface area contributed by atoms with Crippen molar-refractivity contribution in [1.29, 1.82) is 0 Å². The molecule has 1 saturated heterocycles. The number of likely N-dealkylation sites (tertiary alicyclic amines) is 1. The zero-order chi connectivity index (χ0) is 8.48. The van der Waals surface area contributed by atoms with Crippen molar-refractivity contribution < 1.29 is 10.2 Å². The number of rotatable bonds is 0. The molecule has 11 heavy (non-hydrogen) atoms. The van der Waals surface area contributed by atoms with Crippen LogP contribution in [0.2, 0.25) is 0 Å². The maximum absolute atomic E-state index is 9.32. The SMILES string of the molecule is NC(=S)N1CCCCC1(O)O. The highest BCUT2D eigenvalue weighted by atomic mass is 32.1. The number of hydrogen-bond donors (Lipinski definition) is 3. The van der Waals surface area contributed by atoms with Gasteiger partial charge in [-0.05, 0) is 25.1 Å². The lowest BCUT2D eigenvalue weighted by Gasteiger charge is -2.39. The third-order valence-corrected chi connectivity index (χ3v) is 2.06. The highest BCUT2D eigenvalue weighted by molar-refractivity contribution is 7.80. The van der Waals surface area contributed by atoms with Gasteiger partial charge in [-0.1, -0.05) is 0 Å². The summed E-state index contributed by atoms with van der Waals surface area (Å²) in [6, 6.07) is 0. The Bertz CT molecular complexity index is 172. The van der Waals surface area contributed by atoms with Crippen molar-refractivity contribution in [2.24, 2.45) is 5.73 Å². The smallest absolute Gasteiger partial charge is 0.248 e. The number of hydrogen-bond acceptors (Lipinski definition) is 3. The molecule has 0 amide bonds. The fourth-order valence-electron chi connectivity index (χ4n) is 1.23. The average Bonchev–Trinajstić information content (AvgIpc) is 1.85. The average molecular weight is 176 g/mol. The first-order valence-corrected chi connectivity index (χ1v) is 3.97. The minimum absolute atomic E-state index is 0.0506. The van der Waals surface area contributed by atoms with E-state index in [-0.39, 0.29) is 5.11 Å². The van der Waals surface area contributed by atoms with Crippen LogP contribution in [0.15, 0.2) is 0 Å². The molecule has 0 spiro atoms. The molecule has 0 aromatic carbocycles. The normalized spacial score (nSPS) is 23.3. The van der Waals surface area contributed by atoms with Crippen molar-refractivity contribution in [3.05, 3.63) is 0 Å². The van der Waals surface area contributed by atoms with Crippen molar-refractivity contribution in [2.75, 3.05) is 6.54 Å². The van der Waals surface area contributed by atoms with Gasteiger partial charge in [0.25, 0.3) is 0 Å². The summed E-state index contributed by atoms with van der Waals surface area (Å²) in [5.74, 6) is -1.82. The first kappa shape index (κ1) is 8.70. The second kappa shape index (κ2) is 2.92. The molecule has 0 aromatic rings. The molecule has 0 aromatic heterocycles. The minimum atomic E-state index is -1.82. The minimum Gasteiger partial charge on any atom is -0.376 e. The standard InChI is InChI=1S/C6H12N2O2S/c7-5(11)8-4-2-1-3-6(8,9)10/h9-10H,1-4H2,(H2,7,11). The first-order chi connectivity index (χ1) is 5.04. The van der Waals surface area contributed by atoms with Gasteiger partial charge in [-0.15, -0.1) is 0 Å². The van der Waals surface area contributed by atoms with E-state index in [9.17, 15) is 10.2 Å². The van der Waals surface area contributed by atoms with Crippen LogP contribution in [0.4, 0.5) is 0 Å². The Morgan fingerprint density at radius 1 is 1.45 bits per heavy atom. The number of piperidine rings is 1. The van der Waals surface area contributed by atoms with Crippen molar-refractivity contribution in [2.45, 2.75) is 25.2 Å². The molecule has 4 nitrogen and oxygen atoms in total. The van der Waals surface area contributed by atoms with E-state index in [4.69, 9.17) is 5.73 Å². The summed E-state index contributed by atoms with van der Waals surface area (Å²) in [5.41, 5.74) is 5.28. The van der Waals surface area contributed by atoms with Gasteiger partial charge in [-0.25, -0.2) is 0 Å². The molecule has 0 bridgehead atoms. The summed E-state index contributed by atoms with van der Waals surface area (Å²) >= 11 is 4.65. The van der Waals surface area contributed by atoms with Gasteiger partial charge in [-0.3, -0.25) is 4.90 Å². The van der Waals surface area contributed by atoms with Crippen LogP contribution in [0.25, 0.3) is 0 Å². The maximum Gasteiger partial charge on any atom is 0.248 e. The number of aliphatic hydroxyl groups is 2. The molecular formula is C6H12N2O2S. The summed E-state index contributed by atoms with van der Waals surface area (Å²) < 4.78 is 0. The summed E-state index contributed by atoms with van der Waals surface area (Å²) in [7, 11) is 0. The topological polar surface area (TPSA) is 69.7 Å². The molecule has 1 aliphatic heterocycles. The van der Waals surface area contributed by atoms with Gasteiger partial charge in [0, 0.05) is 13.0 Å². The van der Waals surface area contributed by atoms with Gasteiger partial charge in [0.1, 0.15) is 0 Å². The van der Waals surface area contributed by atoms with E-state index in [0.29, 0.717) is 13.0 Å². The summed E-state index contributed by atoms with van der Waals surface area (Å²) in [6.45, 7) is 0.530. The van der Waals surface area contributed by atoms with Gasteiger partial charge < -0.3 is 15.9 Å². The zero-order valence-electron chi connectivity index (χ0n) is 6.16. The Balaban J connectivity index is 2.67. The summed E-state index contributed by atoms with van der Waals surface area (Å²) in [5, 5.41) is 18.7. The van der Waals surface area contributed by atoms with Gasteiger partial charge in [0.2, 0.25) is 5.91 Å². The van der Waals surface area contributed by atoms with Crippen LogP contribution >= 0.6 is 12.2 Å². The monoisotopic (exact) mass is 176 g/mol. The third-order valence-electron chi connectivity index (χ3n) is 1.84. The largest absolute Gasteiger partial charge is 0.376 e. The maximum atomic E-state index is 9.32. The predicted molar refractivity (Wildman–Crippen MR) is 44.5 cm³/mol. The summed E-state index contributed by atoms with van der Waals surface area (Å²) in [6.07, 6.45) is 2.01. The molecule has 5 heteroatoms. The van der Waals surface area contributed by atoms with Crippen LogP contribution in [0, 0.1) is 0 Å². The van der Waals surface area contributed by atoms with Gasteiger partial charge >= 0.3 is 0 Å². The second-order valence-corrected chi connectivity index (χ2v) is 3.14. The van der Waals surface area contributed by atoms with E-state index in [1.165, 1.54) is 4.90 Å². The highest BCUT2D eigenvalue weighted by Gasteiger charge is 2.34.